The first-order chi connectivity index (χ1) is 30.5. The minimum Gasteiger partial charge on any atom is -0.462 e. The summed E-state index contributed by atoms with van der Waals surface area (Å²) in [6.45, 7) is 6.31. The van der Waals surface area contributed by atoms with Crippen LogP contribution in [0.25, 0.3) is 0 Å². The molecule has 0 saturated carbocycles. The quantitative estimate of drug-likeness (QED) is 0.0263. The third-order valence-corrected chi connectivity index (χ3v) is 10.0. The molecule has 0 aliphatic rings. The Bertz CT molecular complexity index is 1310. The van der Waals surface area contributed by atoms with E-state index in [0.29, 0.717) is 19.3 Å². The first-order valence-electron chi connectivity index (χ1n) is 24.9. The van der Waals surface area contributed by atoms with Gasteiger partial charge in [0, 0.05) is 19.3 Å². The van der Waals surface area contributed by atoms with Crippen molar-refractivity contribution in [2.24, 2.45) is 0 Å². The Morgan fingerprint density at radius 1 is 0.339 bits per heavy atom. The van der Waals surface area contributed by atoms with Crippen LogP contribution in [0.5, 0.6) is 0 Å². The van der Waals surface area contributed by atoms with Gasteiger partial charge in [0.15, 0.2) is 6.10 Å². The van der Waals surface area contributed by atoms with Crippen molar-refractivity contribution in [2.45, 2.75) is 213 Å². The molecule has 0 aromatic heterocycles. The van der Waals surface area contributed by atoms with Crippen LogP contribution in [0.1, 0.15) is 207 Å². The SMILES string of the molecule is CC/C=C\C/C=C\C/C=C\C/C=C\C/C=C\CCCCCC(=O)OCC(COC(=O)CCCCCCCCCCCC)OC(=O)CCCC/C=C\C/C=C\C/C=C\C/C=C\CC. The molecular weight excluding hydrogens is 769 g/mol. The van der Waals surface area contributed by atoms with Crippen LogP contribution in [-0.4, -0.2) is 37.2 Å². The van der Waals surface area contributed by atoms with Gasteiger partial charge in [0.25, 0.3) is 0 Å². The van der Waals surface area contributed by atoms with Gasteiger partial charge in [0.1, 0.15) is 13.2 Å². The van der Waals surface area contributed by atoms with E-state index < -0.39 is 6.10 Å². The maximum Gasteiger partial charge on any atom is 0.306 e. The molecule has 1 atom stereocenters. The maximum absolute atomic E-state index is 12.8. The number of ether oxygens (including phenoxy) is 3. The normalized spacial score (nSPS) is 13.0. The molecule has 6 heteroatoms. The van der Waals surface area contributed by atoms with E-state index >= 15 is 0 Å². The average molecular weight is 859 g/mol. The summed E-state index contributed by atoms with van der Waals surface area (Å²) in [5.41, 5.74) is 0. The summed E-state index contributed by atoms with van der Waals surface area (Å²) in [4.78, 5) is 37.9. The third-order valence-electron chi connectivity index (χ3n) is 10.0. The number of carbonyl (C=O) groups excluding carboxylic acids is 3. The van der Waals surface area contributed by atoms with Crippen LogP contribution in [0.2, 0.25) is 0 Å². The van der Waals surface area contributed by atoms with Crippen molar-refractivity contribution in [1.82, 2.24) is 0 Å². The summed E-state index contributed by atoms with van der Waals surface area (Å²) >= 11 is 0. The van der Waals surface area contributed by atoms with Crippen molar-refractivity contribution >= 4 is 17.9 Å². The molecule has 0 rings (SSSR count). The first-order valence-corrected chi connectivity index (χ1v) is 24.9. The second kappa shape index (κ2) is 49.7. The fourth-order valence-corrected chi connectivity index (χ4v) is 6.34. The zero-order valence-corrected chi connectivity index (χ0v) is 39.8. The van der Waals surface area contributed by atoms with Gasteiger partial charge in [-0.2, -0.15) is 0 Å². The van der Waals surface area contributed by atoms with Gasteiger partial charge in [-0.05, 0) is 103 Å². The Labute approximate surface area is 380 Å². The van der Waals surface area contributed by atoms with Gasteiger partial charge >= 0.3 is 17.9 Å². The van der Waals surface area contributed by atoms with Crippen molar-refractivity contribution in [3.05, 3.63) is 109 Å². The van der Waals surface area contributed by atoms with Crippen LogP contribution in [0.4, 0.5) is 0 Å². The Balaban J connectivity index is 4.50. The van der Waals surface area contributed by atoms with E-state index in [2.05, 4.69) is 130 Å². The topological polar surface area (TPSA) is 78.9 Å². The summed E-state index contributed by atoms with van der Waals surface area (Å²) in [5.74, 6) is -0.991. The molecule has 0 bridgehead atoms. The number of rotatable bonds is 43. The summed E-state index contributed by atoms with van der Waals surface area (Å²) in [6, 6.07) is 0. The van der Waals surface area contributed by atoms with Gasteiger partial charge in [0.05, 0.1) is 0 Å². The molecular formula is C56H90O6. The second-order valence-electron chi connectivity index (χ2n) is 16.0. The van der Waals surface area contributed by atoms with Crippen molar-refractivity contribution in [2.75, 3.05) is 13.2 Å². The van der Waals surface area contributed by atoms with Crippen molar-refractivity contribution in [1.29, 1.82) is 0 Å². The van der Waals surface area contributed by atoms with Crippen molar-refractivity contribution in [3.8, 4) is 0 Å². The average Bonchev–Trinajstić information content (AvgIpc) is 3.27. The molecule has 0 radical (unpaired) electrons. The van der Waals surface area contributed by atoms with Crippen LogP contribution >= 0.6 is 0 Å². The van der Waals surface area contributed by atoms with E-state index in [1.54, 1.807) is 0 Å². The molecule has 0 aliphatic carbocycles. The number of carbonyl (C=O) groups is 3. The van der Waals surface area contributed by atoms with Gasteiger partial charge in [0.2, 0.25) is 0 Å². The second-order valence-corrected chi connectivity index (χ2v) is 16.0. The molecule has 0 N–H and O–H groups in total. The predicted molar refractivity (Wildman–Crippen MR) is 265 cm³/mol. The molecule has 350 valence electrons. The number of hydrogen-bond donors (Lipinski definition) is 0. The van der Waals surface area contributed by atoms with Crippen LogP contribution in [0.3, 0.4) is 0 Å². The monoisotopic (exact) mass is 859 g/mol. The van der Waals surface area contributed by atoms with E-state index in [4.69, 9.17) is 14.2 Å². The highest BCUT2D eigenvalue weighted by Gasteiger charge is 2.19. The zero-order valence-electron chi connectivity index (χ0n) is 39.8. The van der Waals surface area contributed by atoms with E-state index in [9.17, 15) is 14.4 Å². The van der Waals surface area contributed by atoms with Crippen LogP contribution in [-0.2, 0) is 28.6 Å². The Morgan fingerprint density at radius 2 is 0.629 bits per heavy atom. The molecule has 0 saturated heterocycles. The fraction of sp³-hybridized carbons (Fsp3) is 0.625. The first kappa shape index (κ1) is 58.1. The summed E-state index contributed by atoms with van der Waals surface area (Å²) in [7, 11) is 0. The number of allylic oxidation sites excluding steroid dienone is 18. The smallest absolute Gasteiger partial charge is 0.306 e. The molecule has 0 amide bonds. The lowest BCUT2D eigenvalue weighted by atomic mass is 10.1. The van der Waals surface area contributed by atoms with E-state index in [1.807, 2.05) is 0 Å². The zero-order chi connectivity index (χ0) is 45.1. The molecule has 1 unspecified atom stereocenters. The Morgan fingerprint density at radius 3 is 1.02 bits per heavy atom. The molecule has 0 spiro atoms. The molecule has 0 aliphatic heterocycles. The molecule has 62 heavy (non-hydrogen) atoms. The minimum atomic E-state index is -0.812. The standard InChI is InChI=1S/C56H90O6/c1-4-7-10-13-16-19-22-24-26-27-28-29-31-32-34-37-40-43-46-49-55(58)61-52-53(51-60-54(57)48-45-42-39-36-21-18-15-12-9-6-3)62-56(59)50-47-44-41-38-35-33-30-25-23-20-17-14-11-8-5-2/h7-8,10-11,16-17,19-20,24-26,28-30,32,34-35,38,53H,4-6,9,12-15,18,21-23,27,31,33,36-37,39-52H2,1-3H3/b10-7-,11-8-,19-16-,20-17-,26-24-,29-28-,30-25-,34-32-,38-35-. The molecule has 6 nitrogen and oxygen atoms in total. The minimum absolute atomic E-state index is 0.106. The number of esters is 3. The van der Waals surface area contributed by atoms with Crippen molar-refractivity contribution < 1.29 is 28.6 Å². The third kappa shape index (κ3) is 47.1. The maximum atomic E-state index is 12.8. The Hall–Kier alpha value is -3.93. The van der Waals surface area contributed by atoms with Gasteiger partial charge in [-0.15, -0.1) is 0 Å². The summed E-state index contributed by atoms with van der Waals surface area (Å²) in [5, 5.41) is 0. The van der Waals surface area contributed by atoms with Gasteiger partial charge in [-0.3, -0.25) is 14.4 Å². The summed E-state index contributed by atoms with van der Waals surface area (Å²) in [6.07, 6.45) is 66.5. The van der Waals surface area contributed by atoms with Crippen LogP contribution in [0, 0.1) is 0 Å². The largest absolute Gasteiger partial charge is 0.462 e. The summed E-state index contributed by atoms with van der Waals surface area (Å²) < 4.78 is 16.7. The molecule has 0 aromatic rings. The van der Waals surface area contributed by atoms with E-state index in [0.717, 1.165) is 116 Å². The lowest BCUT2D eigenvalue weighted by Gasteiger charge is -2.18. The van der Waals surface area contributed by atoms with Gasteiger partial charge < -0.3 is 14.2 Å². The van der Waals surface area contributed by atoms with E-state index in [1.165, 1.54) is 44.9 Å². The van der Waals surface area contributed by atoms with Crippen LogP contribution < -0.4 is 0 Å². The highest BCUT2D eigenvalue weighted by atomic mass is 16.6. The predicted octanol–water partition coefficient (Wildman–Crippen LogP) is 16.4. The van der Waals surface area contributed by atoms with E-state index in [-0.39, 0.29) is 37.5 Å². The van der Waals surface area contributed by atoms with Crippen molar-refractivity contribution in [3.63, 3.8) is 0 Å². The molecule has 0 aromatic carbocycles. The lowest BCUT2D eigenvalue weighted by Crippen LogP contribution is -2.30. The molecule has 0 heterocycles. The fourth-order valence-electron chi connectivity index (χ4n) is 6.34. The lowest BCUT2D eigenvalue weighted by molar-refractivity contribution is -0.167. The highest BCUT2D eigenvalue weighted by Crippen LogP contribution is 2.13. The van der Waals surface area contributed by atoms with Gasteiger partial charge in [-0.25, -0.2) is 0 Å². The van der Waals surface area contributed by atoms with Gasteiger partial charge in [-0.1, -0.05) is 194 Å². The highest BCUT2D eigenvalue weighted by molar-refractivity contribution is 5.71. The number of hydrogen-bond acceptors (Lipinski definition) is 6. The molecule has 0 fully saturated rings. The van der Waals surface area contributed by atoms with Crippen LogP contribution in [0.15, 0.2) is 109 Å². The number of unbranched alkanes of at least 4 members (excludes halogenated alkanes) is 14. The Kier molecular flexibility index (Phi) is 46.6.